The average molecular weight is 413 g/mol. The maximum atomic E-state index is 4.42. The summed E-state index contributed by atoms with van der Waals surface area (Å²) in [7, 11) is 0. The Morgan fingerprint density at radius 3 is 2.30 bits per heavy atom. The molecule has 0 amide bonds. The summed E-state index contributed by atoms with van der Waals surface area (Å²) in [6.07, 6.45) is 19.6. The zero-order valence-corrected chi connectivity index (χ0v) is 21.6. The van der Waals surface area contributed by atoms with Crippen LogP contribution in [0, 0.1) is 39.9 Å². The molecule has 0 spiro atoms. The van der Waals surface area contributed by atoms with E-state index in [0.717, 1.165) is 23.7 Å². The summed E-state index contributed by atoms with van der Waals surface area (Å²) in [5.74, 6) is 3.58. The van der Waals surface area contributed by atoms with E-state index in [2.05, 4.69) is 61.1 Å². The molecule has 4 rings (SSSR count). The van der Waals surface area contributed by atoms with Crippen LogP contribution in [0.4, 0.5) is 0 Å². The van der Waals surface area contributed by atoms with Crippen molar-refractivity contribution in [2.75, 3.05) is 0 Å². The average Bonchev–Trinajstić information content (AvgIpc) is 2.84. The molecule has 6 unspecified atom stereocenters. The monoisotopic (exact) mass is 412 g/mol. The third-order valence-electron chi connectivity index (χ3n) is 10.6. The molecule has 0 heterocycles. The van der Waals surface area contributed by atoms with Crippen LogP contribution in [0.15, 0.2) is 23.8 Å². The Bertz CT molecular complexity index is 640. The molecule has 0 bridgehead atoms. The van der Waals surface area contributed by atoms with E-state index >= 15 is 0 Å². The Kier molecular flexibility index (Phi) is 7.36. The minimum Gasteiger partial charge on any atom is -0.0998 e. The van der Waals surface area contributed by atoms with Gasteiger partial charge >= 0.3 is 0 Å². The van der Waals surface area contributed by atoms with E-state index in [1.54, 1.807) is 0 Å². The number of hydrogen-bond acceptors (Lipinski definition) is 0. The summed E-state index contributed by atoms with van der Waals surface area (Å²) in [4.78, 5) is 0. The minimum absolute atomic E-state index is 0.493. The Hall–Kier alpha value is -0.520. The van der Waals surface area contributed by atoms with Crippen LogP contribution in [0.3, 0.4) is 0 Å². The van der Waals surface area contributed by atoms with E-state index in [9.17, 15) is 0 Å². The third-order valence-corrected chi connectivity index (χ3v) is 10.6. The normalized spacial score (nSPS) is 45.5. The molecule has 30 heavy (non-hydrogen) atoms. The molecule has 0 aromatic heterocycles. The lowest BCUT2D eigenvalue weighted by molar-refractivity contribution is -0.0819. The first-order chi connectivity index (χ1) is 14.1. The topological polar surface area (TPSA) is 0 Å². The smallest absolute Gasteiger partial charge is 0.00851 e. The molecule has 0 saturated heterocycles. The summed E-state index contributed by atoms with van der Waals surface area (Å²) < 4.78 is 0. The largest absolute Gasteiger partial charge is 0.0998 e. The van der Waals surface area contributed by atoms with E-state index in [4.69, 9.17) is 0 Å². The van der Waals surface area contributed by atoms with Crippen LogP contribution in [-0.4, -0.2) is 0 Å². The first-order valence-electron chi connectivity index (χ1n) is 13.5. The minimum atomic E-state index is 0.493. The van der Waals surface area contributed by atoms with Crippen LogP contribution in [0.25, 0.3) is 0 Å². The number of hydrogen-bond donors (Lipinski definition) is 0. The molecule has 0 nitrogen and oxygen atoms in total. The molecule has 3 saturated carbocycles. The summed E-state index contributed by atoms with van der Waals surface area (Å²) in [6, 6.07) is 0. The fourth-order valence-electron chi connectivity index (χ4n) is 8.37. The van der Waals surface area contributed by atoms with Crippen molar-refractivity contribution < 1.29 is 0 Å². The first-order valence-corrected chi connectivity index (χ1v) is 13.5. The van der Waals surface area contributed by atoms with Crippen molar-refractivity contribution in [2.24, 2.45) is 39.9 Å². The maximum absolute atomic E-state index is 4.42. The molecular weight excluding hydrogens is 360 g/mol. The molecular formula is C30H52. The van der Waals surface area contributed by atoms with Gasteiger partial charge in [-0.15, -0.1) is 0 Å². The van der Waals surface area contributed by atoms with Crippen LogP contribution >= 0.6 is 0 Å². The summed E-state index contributed by atoms with van der Waals surface area (Å²) >= 11 is 0. The van der Waals surface area contributed by atoms with Crippen molar-refractivity contribution in [1.29, 1.82) is 0 Å². The van der Waals surface area contributed by atoms with E-state index in [1.165, 1.54) is 82.6 Å². The summed E-state index contributed by atoms with van der Waals surface area (Å²) in [5.41, 5.74) is 4.92. The summed E-state index contributed by atoms with van der Waals surface area (Å²) in [6.45, 7) is 21.3. The standard InChI is InChI=1S/C27H44.C3H8/c1-7-25(4)15-13-20-11-12-21-23-10-8-9-22(19(2)3)27(23,6)16-14-24(21)26(20,5)18-17-25;1-3-2/h11,21-24H,2,7-10,12-18H2,1,3-6H3;3H2,1-2H3/t21?,22?,23?,24?,25-,26?,27?;/m0./s1. The van der Waals surface area contributed by atoms with Crippen molar-refractivity contribution in [3.63, 3.8) is 0 Å². The van der Waals surface area contributed by atoms with E-state index < -0.39 is 0 Å². The van der Waals surface area contributed by atoms with Crippen molar-refractivity contribution in [2.45, 2.75) is 126 Å². The van der Waals surface area contributed by atoms with Gasteiger partial charge in [-0.05, 0) is 105 Å². The van der Waals surface area contributed by atoms with Gasteiger partial charge < -0.3 is 0 Å². The van der Waals surface area contributed by atoms with Gasteiger partial charge in [-0.25, -0.2) is 0 Å². The van der Waals surface area contributed by atoms with Crippen LogP contribution < -0.4 is 0 Å². The van der Waals surface area contributed by atoms with Gasteiger partial charge in [-0.1, -0.05) is 84.6 Å². The molecule has 0 N–H and O–H groups in total. The second-order valence-electron chi connectivity index (χ2n) is 12.5. The van der Waals surface area contributed by atoms with Crippen molar-refractivity contribution in [3.05, 3.63) is 23.8 Å². The third kappa shape index (κ3) is 4.11. The zero-order chi connectivity index (χ0) is 22.2. The second kappa shape index (κ2) is 9.15. The number of fused-ring (bicyclic) bond motifs is 5. The highest BCUT2D eigenvalue weighted by atomic mass is 14.6. The van der Waals surface area contributed by atoms with Crippen molar-refractivity contribution >= 4 is 0 Å². The Labute approximate surface area is 189 Å². The van der Waals surface area contributed by atoms with E-state index in [0.29, 0.717) is 16.2 Å². The molecule has 0 heteroatoms. The molecule has 7 atom stereocenters. The SMILES string of the molecule is C=C(C)C1CCCC2C3CC=C4CC[C@](C)(CC)CCC4(C)C3CCC12C.CCC. The fraction of sp³-hybridized carbons (Fsp3) is 0.867. The lowest BCUT2D eigenvalue weighted by Crippen LogP contribution is -2.53. The predicted octanol–water partition coefficient (Wildman–Crippen LogP) is 9.75. The molecule has 172 valence electrons. The van der Waals surface area contributed by atoms with Gasteiger partial charge in [0.2, 0.25) is 0 Å². The second-order valence-corrected chi connectivity index (χ2v) is 12.5. The summed E-state index contributed by atoms with van der Waals surface area (Å²) in [5, 5.41) is 0. The molecule has 0 aromatic carbocycles. The lowest BCUT2D eigenvalue weighted by Gasteiger charge is -2.61. The van der Waals surface area contributed by atoms with Crippen LogP contribution in [0.5, 0.6) is 0 Å². The van der Waals surface area contributed by atoms with Gasteiger partial charge in [0, 0.05) is 0 Å². The Balaban J connectivity index is 0.000000806. The quantitative estimate of drug-likeness (QED) is 0.396. The van der Waals surface area contributed by atoms with Crippen LogP contribution in [0.1, 0.15) is 126 Å². The highest BCUT2D eigenvalue weighted by Gasteiger charge is 2.57. The van der Waals surface area contributed by atoms with Gasteiger partial charge in [0.15, 0.2) is 0 Å². The van der Waals surface area contributed by atoms with Crippen LogP contribution in [-0.2, 0) is 0 Å². The lowest BCUT2D eigenvalue weighted by atomic mass is 9.44. The Morgan fingerprint density at radius 2 is 1.67 bits per heavy atom. The van der Waals surface area contributed by atoms with Crippen molar-refractivity contribution in [1.82, 2.24) is 0 Å². The highest BCUT2D eigenvalue weighted by Crippen LogP contribution is 2.66. The molecule has 0 radical (unpaired) electrons. The van der Waals surface area contributed by atoms with Gasteiger partial charge in [-0.2, -0.15) is 0 Å². The van der Waals surface area contributed by atoms with E-state index in [1.807, 2.05) is 5.57 Å². The molecule has 0 aromatic rings. The number of rotatable bonds is 2. The number of allylic oxidation sites excluding steroid dienone is 3. The van der Waals surface area contributed by atoms with Crippen LogP contribution in [0.2, 0.25) is 0 Å². The zero-order valence-electron chi connectivity index (χ0n) is 21.6. The predicted molar refractivity (Wildman–Crippen MR) is 134 cm³/mol. The van der Waals surface area contributed by atoms with Gasteiger partial charge in [0.1, 0.15) is 0 Å². The van der Waals surface area contributed by atoms with Gasteiger partial charge in [-0.3, -0.25) is 0 Å². The molecule has 3 fully saturated rings. The van der Waals surface area contributed by atoms with Gasteiger partial charge in [0.05, 0.1) is 0 Å². The first kappa shape index (κ1) is 24.1. The maximum Gasteiger partial charge on any atom is -0.00851 e. The Morgan fingerprint density at radius 1 is 0.967 bits per heavy atom. The molecule has 4 aliphatic carbocycles. The molecule has 0 aliphatic heterocycles. The highest BCUT2D eigenvalue weighted by molar-refractivity contribution is 5.25. The van der Waals surface area contributed by atoms with Gasteiger partial charge in [0.25, 0.3) is 0 Å². The van der Waals surface area contributed by atoms with E-state index in [-0.39, 0.29) is 0 Å². The van der Waals surface area contributed by atoms with Crippen molar-refractivity contribution in [3.8, 4) is 0 Å². The fourth-order valence-corrected chi connectivity index (χ4v) is 8.37. The molecule has 4 aliphatic rings.